The van der Waals surface area contributed by atoms with Gasteiger partial charge in [0.2, 0.25) is 0 Å². The summed E-state index contributed by atoms with van der Waals surface area (Å²) in [5.74, 6) is -1.75. The fourth-order valence-corrected chi connectivity index (χ4v) is 1.44. The van der Waals surface area contributed by atoms with Crippen molar-refractivity contribution < 1.29 is 30.3 Å². The average molecular weight is 191 g/mol. The summed E-state index contributed by atoms with van der Waals surface area (Å²) in [5.41, 5.74) is -2.25. The third kappa shape index (κ3) is 1.80. The lowest BCUT2D eigenvalue weighted by molar-refractivity contribution is -0.331. The standard InChI is InChI=1S/C7H12O6/c8-3-1-7(13,6(11)12)2-4(9)5(3)10/h3-5,8-10,13H,1-2H2,(H,11,12)/p-1. The second kappa shape index (κ2) is 3.22. The predicted molar refractivity (Wildman–Crippen MR) is 37.2 cm³/mol. The van der Waals surface area contributed by atoms with E-state index in [0.29, 0.717) is 0 Å². The minimum Gasteiger partial charge on any atom is -0.547 e. The topological polar surface area (TPSA) is 121 Å². The van der Waals surface area contributed by atoms with E-state index in [9.17, 15) is 15.0 Å². The molecule has 0 aromatic carbocycles. The molecule has 0 aromatic rings. The van der Waals surface area contributed by atoms with Crippen molar-refractivity contribution in [3.63, 3.8) is 0 Å². The van der Waals surface area contributed by atoms with Gasteiger partial charge in [-0.3, -0.25) is 0 Å². The average Bonchev–Trinajstić information content (AvgIpc) is 2.00. The van der Waals surface area contributed by atoms with Crippen molar-refractivity contribution in [3.8, 4) is 0 Å². The number of aliphatic carboxylic acids is 1. The van der Waals surface area contributed by atoms with Crippen LogP contribution in [0.4, 0.5) is 0 Å². The molecule has 1 aliphatic carbocycles. The molecule has 0 spiro atoms. The quantitative estimate of drug-likeness (QED) is 0.339. The number of aliphatic hydroxyl groups is 4. The molecule has 1 fully saturated rings. The summed E-state index contributed by atoms with van der Waals surface area (Å²) < 4.78 is 0. The smallest absolute Gasteiger partial charge is 0.109 e. The normalized spacial score (nSPS) is 46.0. The Morgan fingerprint density at radius 2 is 1.62 bits per heavy atom. The van der Waals surface area contributed by atoms with Crippen LogP contribution < -0.4 is 5.11 Å². The second-order valence-electron chi connectivity index (χ2n) is 3.35. The fraction of sp³-hybridized carbons (Fsp3) is 0.857. The van der Waals surface area contributed by atoms with Gasteiger partial charge in [0, 0.05) is 12.8 Å². The van der Waals surface area contributed by atoms with Gasteiger partial charge in [-0.2, -0.15) is 0 Å². The summed E-state index contributed by atoms with van der Waals surface area (Å²) >= 11 is 0. The Bertz CT molecular complexity index is 203. The van der Waals surface area contributed by atoms with Gasteiger partial charge in [0.15, 0.2) is 0 Å². The minimum absolute atomic E-state index is 0.534. The van der Waals surface area contributed by atoms with Gasteiger partial charge in [-0.25, -0.2) is 0 Å². The Balaban J connectivity index is 2.79. The lowest BCUT2D eigenvalue weighted by Crippen LogP contribution is -2.59. The molecular weight excluding hydrogens is 180 g/mol. The van der Waals surface area contributed by atoms with E-state index < -0.39 is 42.7 Å². The number of aliphatic hydroxyl groups excluding tert-OH is 3. The van der Waals surface area contributed by atoms with E-state index in [1.54, 1.807) is 0 Å². The van der Waals surface area contributed by atoms with Crippen molar-refractivity contribution >= 4 is 5.97 Å². The maximum Gasteiger partial charge on any atom is 0.109 e. The van der Waals surface area contributed by atoms with E-state index in [0.717, 1.165) is 0 Å². The first-order valence-corrected chi connectivity index (χ1v) is 3.85. The van der Waals surface area contributed by atoms with E-state index in [2.05, 4.69) is 0 Å². The summed E-state index contributed by atoms with van der Waals surface area (Å²) in [6.07, 6.45) is -5.39. The maximum atomic E-state index is 10.4. The third-order valence-electron chi connectivity index (χ3n) is 2.26. The van der Waals surface area contributed by atoms with Crippen LogP contribution in [-0.4, -0.2) is 50.3 Å². The molecular formula is C7H11O6-. The van der Waals surface area contributed by atoms with Crippen molar-refractivity contribution in [2.24, 2.45) is 0 Å². The molecule has 0 saturated heterocycles. The molecule has 0 heterocycles. The van der Waals surface area contributed by atoms with Crippen LogP contribution in [0.3, 0.4) is 0 Å². The number of hydrogen-bond donors (Lipinski definition) is 4. The number of rotatable bonds is 1. The van der Waals surface area contributed by atoms with Gasteiger partial charge in [-0.1, -0.05) is 0 Å². The molecule has 0 amide bonds. The second-order valence-corrected chi connectivity index (χ2v) is 3.35. The molecule has 6 nitrogen and oxygen atoms in total. The SMILES string of the molecule is O=C([O-])C1(O)CC(O)C(O)C(O)C1. The van der Waals surface area contributed by atoms with Crippen molar-refractivity contribution in [3.05, 3.63) is 0 Å². The first-order valence-electron chi connectivity index (χ1n) is 3.85. The van der Waals surface area contributed by atoms with E-state index in [-0.39, 0.29) is 0 Å². The monoisotopic (exact) mass is 191 g/mol. The summed E-state index contributed by atoms with van der Waals surface area (Å²) in [4.78, 5) is 10.4. The zero-order valence-electron chi connectivity index (χ0n) is 6.75. The number of carboxylic acids is 1. The van der Waals surface area contributed by atoms with Crippen LogP contribution in [0, 0.1) is 0 Å². The highest BCUT2D eigenvalue weighted by molar-refractivity contribution is 5.75. The molecule has 0 aromatic heterocycles. The number of carbonyl (C=O) groups is 1. The van der Waals surface area contributed by atoms with Gasteiger partial charge in [0.05, 0.1) is 18.2 Å². The highest BCUT2D eigenvalue weighted by Gasteiger charge is 2.44. The van der Waals surface area contributed by atoms with Crippen molar-refractivity contribution in [1.82, 2.24) is 0 Å². The van der Waals surface area contributed by atoms with Gasteiger partial charge in [0.1, 0.15) is 11.7 Å². The Hall–Kier alpha value is -0.690. The van der Waals surface area contributed by atoms with E-state index in [4.69, 9.17) is 15.3 Å². The van der Waals surface area contributed by atoms with Gasteiger partial charge in [-0.05, 0) is 0 Å². The van der Waals surface area contributed by atoms with Crippen LogP contribution in [0.2, 0.25) is 0 Å². The first-order chi connectivity index (χ1) is 5.87. The Labute approximate surface area is 74.1 Å². The lowest BCUT2D eigenvalue weighted by atomic mass is 9.80. The summed E-state index contributed by atoms with van der Waals surface area (Å²) in [7, 11) is 0. The molecule has 1 saturated carbocycles. The maximum absolute atomic E-state index is 10.4. The number of hydrogen-bond acceptors (Lipinski definition) is 6. The summed E-state index contributed by atoms with van der Waals surface area (Å²) in [6, 6.07) is 0. The molecule has 2 unspecified atom stereocenters. The molecule has 76 valence electrons. The van der Waals surface area contributed by atoms with Crippen molar-refractivity contribution in [2.45, 2.75) is 36.8 Å². The molecule has 13 heavy (non-hydrogen) atoms. The minimum atomic E-state index is -2.25. The molecule has 0 bridgehead atoms. The predicted octanol–water partition coefficient (Wildman–Crippen LogP) is -3.66. The third-order valence-corrected chi connectivity index (χ3v) is 2.26. The lowest BCUT2D eigenvalue weighted by Gasteiger charge is -2.40. The number of carboxylic acid groups (broad SMARTS) is 1. The zero-order chi connectivity index (χ0) is 10.2. The van der Waals surface area contributed by atoms with Crippen LogP contribution in [-0.2, 0) is 4.79 Å². The molecule has 4 N–H and O–H groups in total. The summed E-state index contributed by atoms with van der Waals surface area (Å²) in [5, 5.41) is 46.9. The molecule has 2 atom stereocenters. The largest absolute Gasteiger partial charge is 0.547 e. The molecule has 0 aliphatic heterocycles. The van der Waals surface area contributed by atoms with Crippen LogP contribution in [0.5, 0.6) is 0 Å². The molecule has 1 aliphatic rings. The first kappa shape index (κ1) is 10.4. The van der Waals surface area contributed by atoms with Crippen molar-refractivity contribution in [1.29, 1.82) is 0 Å². The van der Waals surface area contributed by atoms with Crippen LogP contribution >= 0.6 is 0 Å². The Morgan fingerprint density at radius 1 is 1.23 bits per heavy atom. The Kier molecular flexibility index (Phi) is 2.58. The van der Waals surface area contributed by atoms with Gasteiger partial charge < -0.3 is 30.3 Å². The Morgan fingerprint density at radius 3 is 1.92 bits per heavy atom. The van der Waals surface area contributed by atoms with Gasteiger partial charge >= 0.3 is 0 Å². The number of carbonyl (C=O) groups excluding carboxylic acids is 1. The molecule has 1 rings (SSSR count). The highest BCUT2D eigenvalue weighted by atomic mass is 16.4. The van der Waals surface area contributed by atoms with Crippen LogP contribution in [0.25, 0.3) is 0 Å². The van der Waals surface area contributed by atoms with Crippen LogP contribution in [0.1, 0.15) is 12.8 Å². The van der Waals surface area contributed by atoms with E-state index in [1.165, 1.54) is 0 Å². The molecule has 6 heteroatoms. The highest BCUT2D eigenvalue weighted by Crippen LogP contribution is 2.28. The van der Waals surface area contributed by atoms with Crippen LogP contribution in [0.15, 0.2) is 0 Å². The molecule has 0 radical (unpaired) electrons. The van der Waals surface area contributed by atoms with Gasteiger partial charge in [0.25, 0.3) is 0 Å². The fourth-order valence-electron chi connectivity index (χ4n) is 1.44. The van der Waals surface area contributed by atoms with Crippen molar-refractivity contribution in [2.75, 3.05) is 0 Å². The van der Waals surface area contributed by atoms with E-state index >= 15 is 0 Å². The zero-order valence-corrected chi connectivity index (χ0v) is 6.75. The summed E-state index contributed by atoms with van der Waals surface area (Å²) in [6.45, 7) is 0. The van der Waals surface area contributed by atoms with Gasteiger partial charge in [-0.15, -0.1) is 0 Å². The van der Waals surface area contributed by atoms with E-state index in [1.807, 2.05) is 0 Å².